The van der Waals surface area contributed by atoms with Gasteiger partial charge in [-0.3, -0.25) is 19.4 Å². The fourth-order valence-corrected chi connectivity index (χ4v) is 5.44. The molecule has 2 saturated heterocycles. The van der Waals surface area contributed by atoms with Crippen molar-refractivity contribution in [1.29, 1.82) is 0 Å². The molecule has 3 fully saturated rings. The van der Waals surface area contributed by atoms with Crippen LogP contribution < -0.4 is 0 Å². The molecular weight excluding hydrogens is 392 g/mol. The molecule has 4 rings (SSSR count). The van der Waals surface area contributed by atoms with Crippen LogP contribution >= 0.6 is 0 Å². The number of benzene rings is 1. The zero-order chi connectivity index (χ0) is 22.0. The van der Waals surface area contributed by atoms with E-state index < -0.39 is 5.54 Å². The zero-order valence-corrected chi connectivity index (χ0v) is 18.8. The highest BCUT2D eigenvalue weighted by Crippen LogP contribution is 2.38. The number of rotatable bonds is 6. The van der Waals surface area contributed by atoms with Crippen molar-refractivity contribution in [3.8, 4) is 0 Å². The Hall–Kier alpha value is -2.41. The van der Waals surface area contributed by atoms with Gasteiger partial charge in [-0.2, -0.15) is 0 Å². The molecule has 3 aliphatic rings. The Morgan fingerprint density at radius 1 is 1.10 bits per heavy atom. The highest BCUT2D eigenvalue weighted by molar-refractivity contribution is 6.07. The van der Waals surface area contributed by atoms with Crippen molar-refractivity contribution >= 4 is 17.8 Å². The summed E-state index contributed by atoms with van der Waals surface area (Å²) in [5.41, 5.74) is 0.175. The number of carbonyl (C=O) groups excluding carboxylic acids is 3. The fourth-order valence-electron chi connectivity index (χ4n) is 5.44. The molecule has 2 aliphatic heterocycles. The summed E-state index contributed by atoms with van der Waals surface area (Å²) in [5.74, 6) is 0.0223. The number of urea groups is 1. The third-order valence-corrected chi connectivity index (χ3v) is 7.40. The second-order valence-electron chi connectivity index (χ2n) is 9.17. The minimum absolute atomic E-state index is 0.105. The largest absolute Gasteiger partial charge is 0.341 e. The van der Waals surface area contributed by atoms with E-state index in [1.54, 1.807) is 4.90 Å². The van der Waals surface area contributed by atoms with E-state index >= 15 is 0 Å². The fraction of sp³-hybridized carbons (Fsp3) is 0.625. The summed E-state index contributed by atoms with van der Waals surface area (Å²) < 4.78 is 0. The van der Waals surface area contributed by atoms with Gasteiger partial charge in [0.1, 0.15) is 5.54 Å². The van der Waals surface area contributed by atoms with Gasteiger partial charge in [0, 0.05) is 32.2 Å². The van der Waals surface area contributed by atoms with Crippen molar-refractivity contribution in [1.82, 2.24) is 19.6 Å². The van der Waals surface area contributed by atoms with E-state index in [9.17, 15) is 14.4 Å². The van der Waals surface area contributed by atoms with Crippen LogP contribution in [0.4, 0.5) is 4.79 Å². The minimum Gasteiger partial charge on any atom is -0.341 e. The van der Waals surface area contributed by atoms with Crippen LogP contribution in [0.1, 0.15) is 51.0 Å². The first-order valence-corrected chi connectivity index (χ1v) is 11.6. The van der Waals surface area contributed by atoms with Gasteiger partial charge in [0.05, 0.1) is 6.54 Å². The van der Waals surface area contributed by atoms with Crippen LogP contribution in [0, 0.1) is 0 Å². The SMILES string of the molecule is CCN1C(=O)N(Cc2ccccc2)C2(CCN(C(=O)CN(C)C3CCCC3)CC2)C1=O. The molecule has 0 bridgehead atoms. The summed E-state index contributed by atoms with van der Waals surface area (Å²) in [6, 6.07) is 10.1. The van der Waals surface area contributed by atoms with Gasteiger partial charge in [0.15, 0.2) is 0 Å². The van der Waals surface area contributed by atoms with Gasteiger partial charge in [-0.25, -0.2) is 4.79 Å². The number of piperidine rings is 1. The second kappa shape index (κ2) is 8.99. The number of hydrogen-bond donors (Lipinski definition) is 0. The Morgan fingerprint density at radius 3 is 2.35 bits per heavy atom. The van der Waals surface area contributed by atoms with E-state index in [2.05, 4.69) is 4.90 Å². The van der Waals surface area contributed by atoms with Crippen molar-refractivity contribution in [2.75, 3.05) is 33.2 Å². The van der Waals surface area contributed by atoms with Crippen LogP contribution in [0.3, 0.4) is 0 Å². The van der Waals surface area contributed by atoms with Gasteiger partial charge in [-0.15, -0.1) is 0 Å². The average molecular weight is 427 g/mol. The molecule has 31 heavy (non-hydrogen) atoms. The van der Waals surface area contributed by atoms with Gasteiger partial charge in [0.2, 0.25) is 5.91 Å². The standard InChI is InChI=1S/C24H34N4O3/c1-3-27-22(30)24(28(23(27)31)17-19-9-5-4-6-10-19)13-15-26(16-14-24)21(29)18-25(2)20-11-7-8-12-20/h4-6,9-10,20H,3,7-8,11-18H2,1-2H3. The summed E-state index contributed by atoms with van der Waals surface area (Å²) in [6.45, 7) is 4.09. The van der Waals surface area contributed by atoms with Crippen LogP contribution in [0.25, 0.3) is 0 Å². The van der Waals surface area contributed by atoms with Crippen molar-refractivity contribution in [2.45, 2.75) is 63.6 Å². The quantitative estimate of drug-likeness (QED) is 0.656. The highest BCUT2D eigenvalue weighted by Gasteiger charge is 2.57. The molecule has 7 heteroatoms. The smallest absolute Gasteiger partial charge is 0.327 e. The maximum atomic E-state index is 13.3. The van der Waals surface area contributed by atoms with E-state index in [0.717, 1.165) is 5.56 Å². The summed E-state index contributed by atoms with van der Waals surface area (Å²) >= 11 is 0. The monoisotopic (exact) mass is 426 g/mol. The van der Waals surface area contributed by atoms with Crippen LogP contribution in [0.5, 0.6) is 0 Å². The molecule has 1 aromatic rings. The maximum Gasteiger partial charge on any atom is 0.327 e. The predicted octanol–water partition coefficient (Wildman–Crippen LogP) is 2.71. The molecule has 1 spiro atoms. The molecule has 0 radical (unpaired) electrons. The van der Waals surface area contributed by atoms with Crippen LogP contribution in [-0.4, -0.2) is 82.3 Å². The van der Waals surface area contributed by atoms with E-state index in [-0.39, 0.29) is 17.8 Å². The van der Waals surface area contributed by atoms with E-state index in [1.165, 1.54) is 30.6 Å². The first-order valence-electron chi connectivity index (χ1n) is 11.6. The Balaban J connectivity index is 1.45. The van der Waals surface area contributed by atoms with Gasteiger partial charge in [-0.05, 0) is 45.2 Å². The van der Waals surface area contributed by atoms with Crippen LogP contribution in [0.2, 0.25) is 0 Å². The summed E-state index contributed by atoms with van der Waals surface area (Å²) in [7, 11) is 2.04. The van der Waals surface area contributed by atoms with Crippen LogP contribution in [-0.2, 0) is 16.1 Å². The molecule has 1 aromatic carbocycles. The molecule has 4 amide bonds. The lowest BCUT2D eigenvalue weighted by atomic mass is 9.85. The van der Waals surface area contributed by atoms with Crippen molar-refractivity contribution in [3.63, 3.8) is 0 Å². The minimum atomic E-state index is -0.836. The number of likely N-dealkylation sites (N-methyl/N-ethyl adjacent to an activating group) is 2. The van der Waals surface area contributed by atoms with Crippen molar-refractivity contribution in [2.24, 2.45) is 0 Å². The molecule has 0 atom stereocenters. The zero-order valence-electron chi connectivity index (χ0n) is 18.8. The second-order valence-corrected chi connectivity index (χ2v) is 9.17. The van der Waals surface area contributed by atoms with E-state index in [0.29, 0.717) is 51.6 Å². The number of likely N-dealkylation sites (tertiary alicyclic amines) is 1. The molecule has 168 valence electrons. The number of hydrogen-bond acceptors (Lipinski definition) is 4. The molecule has 0 aromatic heterocycles. The third kappa shape index (κ3) is 4.07. The lowest BCUT2D eigenvalue weighted by Crippen LogP contribution is -2.58. The van der Waals surface area contributed by atoms with Gasteiger partial charge in [-0.1, -0.05) is 43.2 Å². The molecule has 0 N–H and O–H groups in total. The van der Waals surface area contributed by atoms with Gasteiger partial charge < -0.3 is 9.80 Å². The summed E-state index contributed by atoms with van der Waals surface area (Å²) in [5, 5.41) is 0. The highest BCUT2D eigenvalue weighted by atomic mass is 16.2. The lowest BCUT2D eigenvalue weighted by molar-refractivity contribution is -0.141. The Labute approximate surface area is 185 Å². The van der Waals surface area contributed by atoms with E-state index in [1.807, 2.05) is 49.2 Å². The molecule has 0 unspecified atom stereocenters. The van der Waals surface area contributed by atoms with Crippen molar-refractivity contribution in [3.05, 3.63) is 35.9 Å². The Morgan fingerprint density at radius 2 is 1.74 bits per heavy atom. The lowest BCUT2D eigenvalue weighted by Gasteiger charge is -2.42. The number of amides is 4. The number of imide groups is 1. The molecule has 2 heterocycles. The normalized spacial score (nSPS) is 21.7. The maximum absolute atomic E-state index is 13.3. The number of nitrogens with zero attached hydrogens (tertiary/aromatic N) is 4. The molecular formula is C24H34N4O3. The van der Waals surface area contributed by atoms with E-state index in [4.69, 9.17) is 0 Å². The Kier molecular flexibility index (Phi) is 6.32. The van der Waals surface area contributed by atoms with Crippen molar-refractivity contribution < 1.29 is 14.4 Å². The third-order valence-electron chi connectivity index (χ3n) is 7.40. The number of carbonyl (C=O) groups is 3. The molecule has 1 aliphatic carbocycles. The topological polar surface area (TPSA) is 64.2 Å². The first kappa shape index (κ1) is 21.8. The molecule has 7 nitrogen and oxygen atoms in total. The Bertz CT molecular complexity index is 813. The molecule has 1 saturated carbocycles. The summed E-state index contributed by atoms with van der Waals surface area (Å²) in [6.07, 6.45) is 5.84. The summed E-state index contributed by atoms with van der Waals surface area (Å²) in [4.78, 5) is 46.5. The van der Waals surface area contributed by atoms with Crippen LogP contribution in [0.15, 0.2) is 30.3 Å². The predicted molar refractivity (Wildman–Crippen MR) is 118 cm³/mol. The van der Waals surface area contributed by atoms with Gasteiger partial charge >= 0.3 is 6.03 Å². The average Bonchev–Trinajstić information content (AvgIpc) is 3.38. The van der Waals surface area contributed by atoms with Gasteiger partial charge in [0.25, 0.3) is 5.91 Å². The first-order chi connectivity index (χ1) is 15.0.